The van der Waals surface area contributed by atoms with Crippen LogP contribution in [0.2, 0.25) is 0 Å². The highest BCUT2D eigenvalue weighted by atomic mass is 79.9. The van der Waals surface area contributed by atoms with Crippen molar-refractivity contribution in [1.82, 2.24) is 39.9 Å². The Bertz CT molecular complexity index is 5310. The number of aromatic nitrogens is 8. The van der Waals surface area contributed by atoms with Gasteiger partial charge in [0.15, 0.2) is 47.4 Å². The van der Waals surface area contributed by atoms with Crippen molar-refractivity contribution < 1.29 is 115 Å². The molecule has 0 bridgehead atoms. The van der Waals surface area contributed by atoms with Crippen LogP contribution in [-0.4, -0.2) is 67.3 Å². The molecule has 630 valence electrons. The summed E-state index contributed by atoms with van der Waals surface area (Å²) in [7, 11) is 0. The van der Waals surface area contributed by atoms with Crippen molar-refractivity contribution in [3.8, 4) is 69.0 Å². The van der Waals surface area contributed by atoms with Gasteiger partial charge in [-0.25, -0.2) is 44.3 Å². The van der Waals surface area contributed by atoms with Crippen LogP contribution in [0.3, 0.4) is 0 Å². The van der Waals surface area contributed by atoms with E-state index < -0.39 is 77.2 Å². The van der Waals surface area contributed by atoms with Crippen LogP contribution in [0.5, 0.6) is 69.0 Å². The molecule has 38 heteroatoms. The summed E-state index contributed by atoms with van der Waals surface area (Å²) in [6.07, 6.45) is -0.890. The van der Waals surface area contributed by atoms with E-state index in [-0.39, 0.29) is 40.1 Å². The lowest BCUT2D eigenvalue weighted by molar-refractivity contribution is -0.138. The molecule has 122 heavy (non-hydrogen) atoms. The van der Waals surface area contributed by atoms with Gasteiger partial charge in [-0.1, -0.05) is 81.3 Å². The largest absolute Gasteiger partial charge is 0.505 e. The summed E-state index contributed by atoms with van der Waals surface area (Å²) in [4.78, 5) is 51.7. The average molecular weight is 1760 g/mol. The van der Waals surface area contributed by atoms with E-state index in [4.69, 9.17) is 57.6 Å². The first-order valence-electron chi connectivity index (χ1n) is 36.1. The van der Waals surface area contributed by atoms with Crippen LogP contribution < -0.4 is 33.2 Å². The summed E-state index contributed by atoms with van der Waals surface area (Å²) in [5.74, 6) is 3.91. The molecule has 12 aromatic rings. The van der Waals surface area contributed by atoms with Gasteiger partial charge in [-0.15, -0.1) is 0 Å². The van der Waals surface area contributed by atoms with Gasteiger partial charge in [-0.05, 0) is 186 Å². The molecular weight excluding hydrogens is 1700 g/mol. The fourth-order valence-corrected chi connectivity index (χ4v) is 11.6. The van der Waals surface area contributed by atoms with Gasteiger partial charge >= 0.3 is 24.7 Å². The molecule has 4 aromatic heterocycles. The molecule has 4 atom stereocenters. The molecule has 24 nitrogen and oxygen atoms in total. The second kappa shape index (κ2) is 39.2. The first-order valence-corrected chi connectivity index (χ1v) is 36.9. The quantitative estimate of drug-likeness (QED) is 0.0934. The Balaban J connectivity index is 0.000000145. The Hall–Kier alpha value is -14.1. The molecule has 0 amide bonds. The maximum atomic E-state index is 14.2. The molecule has 1 N–H and O–H groups in total. The highest BCUT2D eigenvalue weighted by Crippen LogP contribution is 2.43. The van der Waals surface area contributed by atoms with Crippen molar-refractivity contribution in [2.75, 3.05) is 0 Å². The molecule has 8 heterocycles. The third-order valence-corrected chi connectivity index (χ3v) is 17.8. The molecule has 4 aliphatic heterocycles. The van der Waals surface area contributed by atoms with Crippen molar-refractivity contribution >= 4 is 38.2 Å². The maximum Gasteiger partial charge on any atom is 0.416 e. The number of ether oxygens (including phenoxy) is 7. The second-order valence-corrected chi connectivity index (χ2v) is 27.4. The van der Waals surface area contributed by atoms with Crippen LogP contribution in [-0.2, 0) is 44.1 Å². The average Bonchev–Trinajstić information content (AvgIpc) is 1.37. The summed E-state index contributed by atoms with van der Waals surface area (Å²) in [6, 6.07) is 37.6. The number of oxime groups is 4. The third kappa shape index (κ3) is 24.8. The fourth-order valence-electron chi connectivity index (χ4n) is 11.3. The van der Waals surface area contributed by atoms with E-state index in [1.807, 2.05) is 57.2 Å². The second-order valence-electron chi connectivity index (χ2n) is 26.5. The zero-order valence-electron chi connectivity index (χ0n) is 63.8. The zero-order valence-corrected chi connectivity index (χ0v) is 65.3. The van der Waals surface area contributed by atoms with Crippen LogP contribution in [0.1, 0.15) is 117 Å². The van der Waals surface area contributed by atoms with Crippen molar-refractivity contribution in [3.05, 3.63) is 311 Å². The lowest BCUT2D eigenvalue weighted by atomic mass is 10.0. The predicted molar refractivity (Wildman–Crippen MR) is 415 cm³/mol. The van der Waals surface area contributed by atoms with Crippen LogP contribution in [0, 0.1) is 33.5 Å². The van der Waals surface area contributed by atoms with E-state index >= 15 is 0 Å². The van der Waals surface area contributed by atoms with E-state index in [0.717, 1.165) is 81.9 Å². The van der Waals surface area contributed by atoms with E-state index in [1.54, 1.807) is 25.1 Å². The molecule has 16 rings (SSSR count). The normalized spacial score (nSPS) is 15.8. The lowest BCUT2D eigenvalue weighted by Crippen LogP contribution is -2.08. The van der Waals surface area contributed by atoms with Gasteiger partial charge in [0.25, 0.3) is 0 Å². The van der Waals surface area contributed by atoms with Crippen LogP contribution in [0.15, 0.2) is 259 Å². The van der Waals surface area contributed by atoms with Gasteiger partial charge < -0.3 is 57.6 Å². The number of alkyl halides is 12. The van der Waals surface area contributed by atoms with Gasteiger partial charge in [0.05, 0.1) is 91.1 Å². The number of aryl methyl sites for hydroxylation is 4. The summed E-state index contributed by atoms with van der Waals surface area (Å²) in [6.45, 7) is 7.03. The highest BCUT2D eigenvalue weighted by molar-refractivity contribution is 9.18. The number of aromatic hydroxyl groups is 1. The van der Waals surface area contributed by atoms with E-state index in [2.05, 4.69) is 76.4 Å². The Morgan fingerprint density at radius 2 is 0.607 bits per heavy atom. The topological polar surface area (TPSA) is 274 Å². The van der Waals surface area contributed by atoms with Crippen LogP contribution >= 0.6 is 15.9 Å². The Labute approximate surface area is 693 Å². The molecule has 0 saturated heterocycles. The number of benzene rings is 8. The Kier molecular flexibility index (Phi) is 28.0. The van der Waals surface area contributed by atoms with E-state index in [9.17, 15) is 57.1 Å². The summed E-state index contributed by atoms with van der Waals surface area (Å²) < 4.78 is 209. The minimum Gasteiger partial charge on any atom is -0.505 e. The summed E-state index contributed by atoms with van der Waals surface area (Å²) in [5.41, 5.74) is 2.14. The molecule has 0 spiro atoms. The number of rotatable bonds is 15. The first kappa shape index (κ1) is 87.2. The van der Waals surface area contributed by atoms with E-state index in [1.165, 1.54) is 136 Å². The predicted octanol–water partition coefficient (Wildman–Crippen LogP) is 22.6. The van der Waals surface area contributed by atoms with Gasteiger partial charge in [0.1, 0.15) is 81.7 Å². The molecule has 0 aliphatic carbocycles. The number of nitrogens with zero attached hydrogens (tertiary/aromatic N) is 12. The van der Waals surface area contributed by atoms with Crippen molar-refractivity contribution in [3.63, 3.8) is 0 Å². The standard InChI is InChI=1S/3C21H16F3N3O3.C17H12BrF4NO2.C4H4N2O/c3*1-13-5-6-14(19-9-20(27-30-19)29-17-10-25-12-26-11-17)7-18(13)28-16-4-2-3-15(8-16)21(22,23)24;1-9-5-13(19)12(15-8-16(18)23-25-15)7-14(9)24-11-4-2-3-10(6-11)17(20,21)22;7-4-1-5-3-6-2-4/h3*2-8,10-12,19H,9H2,1H3;2-7,15H,8H2,1H3;1-3,7H/t2*19-;;;/m10.../s1. The van der Waals surface area contributed by atoms with Gasteiger partial charge in [0, 0.05) is 12.0 Å². The molecule has 4 aliphatic rings. The van der Waals surface area contributed by atoms with Crippen molar-refractivity contribution in [1.29, 1.82) is 0 Å². The molecule has 0 fully saturated rings. The molecular formula is C84H64BrF13N12O12. The highest BCUT2D eigenvalue weighted by Gasteiger charge is 2.36. The van der Waals surface area contributed by atoms with Crippen molar-refractivity contribution in [2.24, 2.45) is 20.6 Å². The zero-order chi connectivity index (χ0) is 86.7. The van der Waals surface area contributed by atoms with Crippen LogP contribution in [0.25, 0.3) is 0 Å². The number of hydrogen-bond acceptors (Lipinski definition) is 24. The minimum atomic E-state index is -4.47. The number of halogens is 14. The molecule has 2 unspecified atom stereocenters. The van der Waals surface area contributed by atoms with Crippen LogP contribution in [0.4, 0.5) is 57.1 Å². The molecule has 0 radical (unpaired) electrons. The third-order valence-electron chi connectivity index (χ3n) is 17.4. The lowest BCUT2D eigenvalue weighted by Gasteiger charge is -2.15. The maximum absolute atomic E-state index is 14.2. The monoisotopic (exact) mass is 1760 g/mol. The van der Waals surface area contributed by atoms with Gasteiger partial charge in [-0.3, -0.25) is 0 Å². The molecule has 8 aromatic carbocycles. The fraction of sp³-hybridized carbons (Fsp3) is 0.190. The Morgan fingerprint density at radius 1 is 0.320 bits per heavy atom. The molecule has 0 saturated carbocycles. The smallest absolute Gasteiger partial charge is 0.416 e. The summed E-state index contributed by atoms with van der Waals surface area (Å²) >= 11 is 3.18. The van der Waals surface area contributed by atoms with Crippen molar-refractivity contribution in [2.45, 2.75) is 102 Å². The minimum absolute atomic E-state index is 0.0141. The Morgan fingerprint density at radius 3 is 0.877 bits per heavy atom. The van der Waals surface area contributed by atoms with Gasteiger partial charge in [0.2, 0.25) is 17.7 Å². The first-order chi connectivity index (χ1) is 58.3. The van der Waals surface area contributed by atoms with Gasteiger partial charge in [-0.2, -0.15) is 52.7 Å². The SMILES string of the molecule is Cc1cc(F)c(C2CC(Br)=NO2)cc1Oc1cccc(C(F)(F)F)c1.Cc1ccc(C2CC(Oc3cncnc3)=NO2)cc1Oc1cccc(C(F)(F)F)c1.Cc1ccc([C@@H]2CC(Oc3cncnc3)=NO2)cc1Oc1cccc(C(F)(F)F)c1.Cc1ccc([C@H]2CC(Oc3cncnc3)=NO2)cc1Oc1cccc(C(F)(F)F)c1.Oc1cncnc1. The summed E-state index contributed by atoms with van der Waals surface area (Å²) in [5, 5.41) is 24.0. The number of hydrogen-bond donors (Lipinski definition) is 1. The van der Waals surface area contributed by atoms with E-state index in [0.29, 0.717) is 88.1 Å².